The second-order valence-corrected chi connectivity index (χ2v) is 12.6. The number of carbonyl (C=O) groups is 2. The molecular weight excluding hydrogens is 550 g/mol. The van der Waals surface area contributed by atoms with E-state index in [4.69, 9.17) is 9.72 Å². The van der Waals surface area contributed by atoms with Gasteiger partial charge < -0.3 is 25.6 Å². The molecule has 4 aliphatic heterocycles. The van der Waals surface area contributed by atoms with Crippen molar-refractivity contribution in [1.29, 1.82) is 0 Å². The van der Waals surface area contributed by atoms with Crippen LogP contribution in [0.2, 0.25) is 0 Å². The highest BCUT2D eigenvalue weighted by Gasteiger charge is 2.56. The number of fused-ring (bicyclic) bond motifs is 1. The van der Waals surface area contributed by atoms with Crippen molar-refractivity contribution in [3.05, 3.63) is 47.2 Å². The molecule has 42 heavy (non-hydrogen) atoms. The van der Waals surface area contributed by atoms with Crippen molar-refractivity contribution in [1.82, 2.24) is 30.5 Å². The maximum atomic E-state index is 12.0. The first-order valence-electron chi connectivity index (χ1n) is 15.1. The number of nitrogens with zero attached hydrogens (tertiary/aromatic N) is 4. The predicted octanol–water partition coefficient (Wildman–Crippen LogP) is 4.68. The number of anilines is 2. The Bertz CT molecular complexity index is 1410. The summed E-state index contributed by atoms with van der Waals surface area (Å²) in [7, 11) is 0. The van der Waals surface area contributed by atoms with Crippen LogP contribution in [0.3, 0.4) is 0 Å². The molecule has 222 valence electrons. The molecule has 3 aromatic rings. The molecular formula is C31H39N7O3S. The SMILES string of the molecule is Cc1cc(Nc2nccc(OC3CCNCC3)n2)cc(-c2cnc(C34CCCN3C(=O)C4)s2)c1.O=C1CCCCCN1. The molecule has 2 amide bonds. The van der Waals surface area contributed by atoms with E-state index in [-0.39, 0.29) is 23.5 Å². The lowest BCUT2D eigenvalue weighted by molar-refractivity contribution is -0.153. The first-order valence-corrected chi connectivity index (χ1v) is 15.9. The quantitative estimate of drug-likeness (QED) is 0.355. The normalized spacial score (nSPS) is 22.3. The third-order valence-corrected chi connectivity index (χ3v) is 9.60. The minimum atomic E-state index is -0.159. The highest BCUT2D eigenvalue weighted by atomic mass is 32.1. The molecule has 1 unspecified atom stereocenters. The van der Waals surface area contributed by atoms with E-state index in [2.05, 4.69) is 51.0 Å². The molecule has 4 fully saturated rings. The number of thiazole rings is 1. The van der Waals surface area contributed by atoms with E-state index >= 15 is 0 Å². The van der Waals surface area contributed by atoms with Crippen molar-refractivity contribution in [2.24, 2.45) is 0 Å². The van der Waals surface area contributed by atoms with Crippen molar-refractivity contribution in [3.63, 3.8) is 0 Å². The topological polar surface area (TPSA) is 121 Å². The monoisotopic (exact) mass is 589 g/mol. The molecule has 1 aromatic carbocycles. The van der Waals surface area contributed by atoms with E-state index in [1.807, 2.05) is 17.2 Å². The first kappa shape index (κ1) is 28.5. The van der Waals surface area contributed by atoms with Crippen molar-refractivity contribution in [2.75, 3.05) is 31.5 Å². The third-order valence-electron chi connectivity index (χ3n) is 8.36. The van der Waals surface area contributed by atoms with Gasteiger partial charge in [-0.05, 0) is 81.8 Å². The van der Waals surface area contributed by atoms with Crippen molar-refractivity contribution in [3.8, 4) is 16.3 Å². The van der Waals surface area contributed by atoms with Crippen molar-refractivity contribution >= 4 is 34.8 Å². The maximum Gasteiger partial charge on any atom is 0.230 e. The maximum absolute atomic E-state index is 12.0. The highest BCUT2D eigenvalue weighted by molar-refractivity contribution is 7.15. The Balaban J connectivity index is 0.000000343. The number of nitrogens with one attached hydrogen (secondary N) is 3. The fourth-order valence-corrected chi connectivity index (χ4v) is 7.31. The number of carbonyl (C=O) groups excluding carboxylic acids is 2. The van der Waals surface area contributed by atoms with Gasteiger partial charge >= 0.3 is 0 Å². The Morgan fingerprint density at radius 1 is 1.07 bits per heavy atom. The van der Waals surface area contributed by atoms with Crippen LogP contribution in [0.4, 0.5) is 11.6 Å². The number of aryl methyl sites for hydroxylation is 1. The van der Waals surface area contributed by atoms with E-state index in [0.717, 1.165) is 97.8 Å². The van der Waals surface area contributed by atoms with Gasteiger partial charge in [0.05, 0.1) is 11.3 Å². The fourth-order valence-electron chi connectivity index (χ4n) is 6.18. The van der Waals surface area contributed by atoms with Gasteiger partial charge in [0, 0.05) is 43.7 Å². The average Bonchev–Trinajstić information content (AvgIpc) is 3.53. The van der Waals surface area contributed by atoms with Crippen LogP contribution in [0, 0.1) is 6.92 Å². The zero-order valence-electron chi connectivity index (χ0n) is 24.2. The number of ether oxygens (including phenoxy) is 1. The minimum absolute atomic E-state index is 0.159. The summed E-state index contributed by atoms with van der Waals surface area (Å²) in [5, 5.41) is 10.6. The summed E-state index contributed by atoms with van der Waals surface area (Å²) in [6.07, 6.45) is 12.7. The lowest BCUT2D eigenvalue weighted by Gasteiger charge is -2.45. The van der Waals surface area contributed by atoms with Crippen LogP contribution >= 0.6 is 11.3 Å². The molecule has 10 nitrogen and oxygen atoms in total. The Labute approximate surface area is 250 Å². The summed E-state index contributed by atoms with van der Waals surface area (Å²) in [6, 6.07) is 8.15. The van der Waals surface area contributed by atoms with Gasteiger partial charge in [0.1, 0.15) is 16.7 Å². The molecule has 0 bridgehead atoms. The van der Waals surface area contributed by atoms with Crippen molar-refractivity contribution in [2.45, 2.75) is 76.4 Å². The average molecular weight is 590 g/mol. The summed E-state index contributed by atoms with van der Waals surface area (Å²) >= 11 is 1.70. The zero-order chi connectivity index (χ0) is 28.9. The lowest BCUT2D eigenvalue weighted by atomic mass is 9.85. The van der Waals surface area contributed by atoms with Crippen molar-refractivity contribution < 1.29 is 14.3 Å². The summed E-state index contributed by atoms with van der Waals surface area (Å²) in [5.41, 5.74) is 2.99. The van der Waals surface area contributed by atoms with Crippen LogP contribution < -0.4 is 20.7 Å². The number of piperidine rings is 1. The molecule has 4 saturated heterocycles. The molecule has 0 aliphatic carbocycles. The lowest BCUT2D eigenvalue weighted by Crippen LogP contribution is -2.57. The van der Waals surface area contributed by atoms with Gasteiger partial charge in [-0.25, -0.2) is 9.97 Å². The number of β-lactam (4-membered cyclic amide) rings is 1. The third kappa shape index (κ3) is 6.42. The smallest absolute Gasteiger partial charge is 0.230 e. The molecule has 1 atom stereocenters. The molecule has 2 aromatic heterocycles. The van der Waals surface area contributed by atoms with Crippen LogP contribution in [0.5, 0.6) is 5.88 Å². The van der Waals surface area contributed by atoms with Gasteiger partial charge in [0.2, 0.25) is 23.6 Å². The Kier molecular flexibility index (Phi) is 8.66. The Morgan fingerprint density at radius 2 is 1.95 bits per heavy atom. The number of benzene rings is 1. The number of rotatable bonds is 6. The number of hydrogen-bond acceptors (Lipinski definition) is 9. The van der Waals surface area contributed by atoms with E-state index in [1.165, 1.54) is 6.42 Å². The first-order chi connectivity index (χ1) is 20.5. The van der Waals surface area contributed by atoms with Crippen LogP contribution in [-0.2, 0) is 15.1 Å². The molecule has 3 N–H and O–H groups in total. The van der Waals surface area contributed by atoms with Crippen LogP contribution in [0.1, 0.15) is 68.4 Å². The van der Waals surface area contributed by atoms with E-state index < -0.39 is 0 Å². The largest absolute Gasteiger partial charge is 0.474 e. The standard InChI is InChI=1S/C25H28N6O2S.C6H11NO/c1-16-11-17(20-15-28-23(34-20)25-6-2-10-31(25)22(32)14-25)13-18(12-16)29-24-27-9-5-21(30-24)33-19-3-7-26-8-4-19;8-6-4-2-1-3-5-7-6/h5,9,11-13,15,19,26H,2-4,6-8,10,14H2,1H3,(H,27,29,30);1-5H2,(H,7,8). The van der Waals surface area contributed by atoms with Crippen LogP contribution in [0.15, 0.2) is 36.7 Å². The van der Waals surface area contributed by atoms with Gasteiger partial charge in [-0.1, -0.05) is 12.5 Å². The predicted molar refractivity (Wildman–Crippen MR) is 163 cm³/mol. The second-order valence-electron chi connectivity index (χ2n) is 11.5. The molecule has 0 radical (unpaired) electrons. The zero-order valence-corrected chi connectivity index (χ0v) is 25.0. The summed E-state index contributed by atoms with van der Waals surface area (Å²) in [6.45, 7) is 5.77. The number of aromatic nitrogens is 3. The summed E-state index contributed by atoms with van der Waals surface area (Å²) in [4.78, 5) is 39.4. The Hall–Kier alpha value is -3.57. The number of hydrogen-bond donors (Lipinski definition) is 3. The van der Waals surface area contributed by atoms with Crippen LogP contribution in [-0.4, -0.2) is 63.9 Å². The van der Waals surface area contributed by atoms with Gasteiger partial charge in [-0.15, -0.1) is 11.3 Å². The minimum Gasteiger partial charge on any atom is -0.474 e. The van der Waals surface area contributed by atoms with E-state index in [1.54, 1.807) is 17.5 Å². The molecule has 7 rings (SSSR count). The molecule has 4 aliphatic rings. The van der Waals surface area contributed by atoms with Gasteiger partial charge in [-0.3, -0.25) is 9.59 Å². The van der Waals surface area contributed by atoms with Crippen LogP contribution in [0.25, 0.3) is 10.4 Å². The molecule has 0 saturated carbocycles. The van der Waals surface area contributed by atoms with Gasteiger partial charge in [-0.2, -0.15) is 4.98 Å². The molecule has 6 heterocycles. The van der Waals surface area contributed by atoms with E-state index in [0.29, 0.717) is 18.2 Å². The summed E-state index contributed by atoms with van der Waals surface area (Å²) in [5.74, 6) is 1.59. The Morgan fingerprint density at radius 3 is 2.81 bits per heavy atom. The summed E-state index contributed by atoms with van der Waals surface area (Å²) < 4.78 is 6.07. The number of amides is 2. The van der Waals surface area contributed by atoms with E-state index in [9.17, 15) is 9.59 Å². The fraction of sp³-hybridized carbons (Fsp3) is 0.516. The molecule has 0 spiro atoms. The highest BCUT2D eigenvalue weighted by Crippen LogP contribution is 2.51. The van der Waals surface area contributed by atoms with Gasteiger partial charge in [0.25, 0.3) is 0 Å². The van der Waals surface area contributed by atoms with Gasteiger partial charge in [0.15, 0.2) is 0 Å². The second kappa shape index (κ2) is 12.7. The molecule has 11 heteroatoms.